The number of hydrogen-bond acceptors (Lipinski definition) is 5. The number of anilines is 1. The number of aryl methyl sites for hydroxylation is 1. The van der Waals surface area contributed by atoms with Crippen molar-refractivity contribution in [3.63, 3.8) is 0 Å². The van der Waals surface area contributed by atoms with Crippen molar-refractivity contribution in [1.29, 1.82) is 5.26 Å². The number of nitrogens with zero attached hydrogens (tertiary/aromatic N) is 4. The molecule has 0 amide bonds. The average Bonchev–Trinajstić information content (AvgIpc) is 3.16. The molecular formula is C23H26N4O2. The van der Waals surface area contributed by atoms with Gasteiger partial charge < -0.3 is 19.3 Å². The van der Waals surface area contributed by atoms with Crippen molar-refractivity contribution >= 4 is 5.69 Å². The van der Waals surface area contributed by atoms with Gasteiger partial charge in [0.2, 0.25) is 0 Å². The average molecular weight is 390 g/mol. The summed E-state index contributed by atoms with van der Waals surface area (Å²) in [5, 5.41) is 20.7. The Balaban J connectivity index is 1.98. The number of benzene rings is 2. The first kappa shape index (κ1) is 20.4. The fourth-order valence-corrected chi connectivity index (χ4v) is 3.44. The molecular weight excluding hydrogens is 364 g/mol. The molecule has 1 N–H and O–H groups in total. The molecule has 1 unspecified atom stereocenters. The number of aromatic nitrogens is 2. The van der Waals surface area contributed by atoms with Crippen molar-refractivity contribution in [3.05, 3.63) is 71.8 Å². The van der Waals surface area contributed by atoms with E-state index in [0.29, 0.717) is 28.3 Å². The van der Waals surface area contributed by atoms with Gasteiger partial charge in [-0.15, -0.1) is 0 Å². The molecule has 3 rings (SSSR count). The molecule has 29 heavy (non-hydrogen) atoms. The van der Waals surface area contributed by atoms with Crippen molar-refractivity contribution in [2.45, 2.75) is 26.4 Å². The summed E-state index contributed by atoms with van der Waals surface area (Å²) in [5.41, 5.74) is 1.46. The van der Waals surface area contributed by atoms with Gasteiger partial charge in [0, 0.05) is 31.9 Å². The number of nitriles is 1. The second kappa shape index (κ2) is 8.38. The van der Waals surface area contributed by atoms with E-state index in [4.69, 9.17) is 4.74 Å². The minimum atomic E-state index is -1.28. The lowest BCUT2D eigenvalue weighted by Crippen LogP contribution is -2.25. The number of hydrogen-bond donors (Lipinski definition) is 1. The van der Waals surface area contributed by atoms with E-state index in [2.05, 4.69) is 29.8 Å². The molecule has 3 aromatic rings. The predicted molar refractivity (Wildman–Crippen MR) is 113 cm³/mol. The first-order valence-corrected chi connectivity index (χ1v) is 9.67. The van der Waals surface area contributed by atoms with Gasteiger partial charge in [0.15, 0.2) is 0 Å². The minimum Gasteiger partial charge on any atom is -0.456 e. The highest BCUT2D eigenvalue weighted by Gasteiger charge is 2.29. The van der Waals surface area contributed by atoms with E-state index in [1.165, 1.54) is 0 Å². The van der Waals surface area contributed by atoms with Crippen LogP contribution >= 0.6 is 0 Å². The molecule has 1 heterocycles. The van der Waals surface area contributed by atoms with Crippen LogP contribution in [-0.2, 0) is 12.6 Å². The van der Waals surface area contributed by atoms with Crippen LogP contribution in [0, 0.1) is 11.3 Å². The molecule has 0 aliphatic carbocycles. The second-order valence-corrected chi connectivity index (χ2v) is 7.06. The third kappa shape index (κ3) is 4.10. The largest absolute Gasteiger partial charge is 0.456 e. The Bertz CT molecular complexity index is 1030. The van der Waals surface area contributed by atoms with Crippen LogP contribution in [0.1, 0.15) is 37.6 Å². The molecule has 0 fully saturated rings. The Morgan fingerprint density at radius 1 is 1.21 bits per heavy atom. The van der Waals surface area contributed by atoms with Crippen LogP contribution in [0.5, 0.6) is 11.5 Å². The van der Waals surface area contributed by atoms with E-state index >= 15 is 0 Å². The quantitative estimate of drug-likeness (QED) is 0.655. The first-order valence-electron chi connectivity index (χ1n) is 9.67. The maximum Gasteiger partial charge on any atom is 0.145 e. The van der Waals surface area contributed by atoms with Gasteiger partial charge in [-0.25, -0.2) is 4.98 Å². The SMILES string of the molecule is CCN(CC)c1cccc(Oc2cc(C(C)(O)c3cncn3C)ccc2C#N)c1. The number of rotatable bonds is 7. The molecule has 1 aromatic heterocycles. The summed E-state index contributed by atoms with van der Waals surface area (Å²) in [6.45, 7) is 7.71. The number of ether oxygens (including phenoxy) is 1. The highest BCUT2D eigenvalue weighted by atomic mass is 16.5. The van der Waals surface area contributed by atoms with Crippen molar-refractivity contribution < 1.29 is 9.84 Å². The van der Waals surface area contributed by atoms with E-state index in [0.717, 1.165) is 18.8 Å². The van der Waals surface area contributed by atoms with E-state index in [1.807, 2.05) is 31.3 Å². The Morgan fingerprint density at radius 2 is 1.97 bits per heavy atom. The highest BCUT2D eigenvalue weighted by molar-refractivity contribution is 5.54. The summed E-state index contributed by atoms with van der Waals surface area (Å²) in [5.74, 6) is 1.05. The van der Waals surface area contributed by atoms with E-state index < -0.39 is 5.60 Å². The Labute approximate surface area is 171 Å². The van der Waals surface area contributed by atoms with Crippen molar-refractivity contribution in [3.8, 4) is 17.6 Å². The molecule has 0 aliphatic heterocycles. The van der Waals surface area contributed by atoms with Gasteiger partial charge in [0.05, 0.1) is 23.8 Å². The monoisotopic (exact) mass is 390 g/mol. The molecule has 1 atom stereocenters. The van der Waals surface area contributed by atoms with Gasteiger partial charge in [-0.3, -0.25) is 0 Å². The van der Waals surface area contributed by atoms with Crippen molar-refractivity contribution in [1.82, 2.24) is 9.55 Å². The molecule has 0 radical (unpaired) electrons. The molecule has 0 spiro atoms. The normalized spacial score (nSPS) is 12.8. The van der Waals surface area contributed by atoms with Crippen LogP contribution in [0.15, 0.2) is 55.0 Å². The van der Waals surface area contributed by atoms with Crippen molar-refractivity contribution in [2.75, 3.05) is 18.0 Å². The van der Waals surface area contributed by atoms with Crippen LogP contribution < -0.4 is 9.64 Å². The second-order valence-electron chi connectivity index (χ2n) is 7.06. The number of imidazole rings is 1. The van der Waals surface area contributed by atoms with E-state index in [1.54, 1.807) is 42.2 Å². The van der Waals surface area contributed by atoms with Gasteiger partial charge >= 0.3 is 0 Å². The van der Waals surface area contributed by atoms with Gasteiger partial charge in [-0.1, -0.05) is 12.1 Å². The summed E-state index contributed by atoms with van der Waals surface area (Å²) in [4.78, 5) is 6.32. The molecule has 6 heteroatoms. The molecule has 6 nitrogen and oxygen atoms in total. The zero-order valence-corrected chi connectivity index (χ0v) is 17.3. The van der Waals surface area contributed by atoms with Gasteiger partial charge in [0.1, 0.15) is 23.2 Å². The lowest BCUT2D eigenvalue weighted by molar-refractivity contribution is 0.0939. The number of aliphatic hydroxyl groups is 1. The predicted octanol–water partition coefficient (Wildman–Crippen LogP) is 4.19. The summed E-state index contributed by atoms with van der Waals surface area (Å²) in [6.07, 6.45) is 3.27. The topological polar surface area (TPSA) is 74.3 Å². The third-order valence-corrected chi connectivity index (χ3v) is 5.15. The molecule has 150 valence electrons. The smallest absolute Gasteiger partial charge is 0.145 e. The molecule has 0 saturated carbocycles. The third-order valence-electron chi connectivity index (χ3n) is 5.15. The summed E-state index contributed by atoms with van der Waals surface area (Å²) < 4.78 is 7.85. The van der Waals surface area contributed by atoms with Gasteiger partial charge in [-0.2, -0.15) is 5.26 Å². The van der Waals surface area contributed by atoms with Crippen LogP contribution in [0.2, 0.25) is 0 Å². The van der Waals surface area contributed by atoms with E-state index in [-0.39, 0.29) is 0 Å². The van der Waals surface area contributed by atoms with Gasteiger partial charge in [0.25, 0.3) is 0 Å². The lowest BCUT2D eigenvalue weighted by Gasteiger charge is -2.25. The Hall–Kier alpha value is -3.30. The summed E-state index contributed by atoms with van der Waals surface area (Å²) in [6, 6.07) is 15.1. The fourth-order valence-electron chi connectivity index (χ4n) is 3.44. The van der Waals surface area contributed by atoms with Crippen molar-refractivity contribution in [2.24, 2.45) is 7.05 Å². The molecule has 0 bridgehead atoms. The lowest BCUT2D eigenvalue weighted by atomic mass is 9.91. The van der Waals surface area contributed by atoms with Crippen LogP contribution in [-0.4, -0.2) is 27.7 Å². The van der Waals surface area contributed by atoms with Gasteiger partial charge in [-0.05, 0) is 50.6 Å². The van der Waals surface area contributed by atoms with Crippen LogP contribution in [0.4, 0.5) is 5.69 Å². The highest BCUT2D eigenvalue weighted by Crippen LogP contribution is 2.34. The zero-order valence-electron chi connectivity index (χ0n) is 17.3. The van der Waals surface area contributed by atoms with E-state index in [9.17, 15) is 10.4 Å². The maximum atomic E-state index is 11.2. The maximum absolute atomic E-state index is 11.2. The molecule has 0 aliphatic rings. The zero-order chi connectivity index (χ0) is 21.0. The summed E-state index contributed by atoms with van der Waals surface area (Å²) >= 11 is 0. The molecule has 0 saturated heterocycles. The minimum absolute atomic E-state index is 0.405. The summed E-state index contributed by atoms with van der Waals surface area (Å²) in [7, 11) is 1.83. The van der Waals surface area contributed by atoms with Crippen LogP contribution in [0.3, 0.4) is 0 Å². The van der Waals surface area contributed by atoms with Crippen LogP contribution in [0.25, 0.3) is 0 Å². The Morgan fingerprint density at radius 3 is 2.59 bits per heavy atom. The molecule has 2 aromatic carbocycles. The Kier molecular flexibility index (Phi) is 5.90. The standard InChI is InChI=1S/C23H26N4O2/c1-5-27(6-2)19-8-7-9-20(13-19)29-21-12-18(11-10-17(21)14-24)23(3,28)22-15-25-16-26(22)4/h7-13,15-16,28H,5-6H2,1-4H3. The fraction of sp³-hybridized carbons (Fsp3) is 0.304. The first-order chi connectivity index (χ1) is 13.9.